The van der Waals surface area contributed by atoms with Gasteiger partial charge in [-0.3, -0.25) is 4.90 Å². The molecule has 0 aromatic heterocycles. The van der Waals surface area contributed by atoms with Gasteiger partial charge in [0, 0.05) is 6.04 Å². The number of piperidine rings is 1. The van der Waals surface area contributed by atoms with E-state index in [0.29, 0.717) is 12.6 Å². The lowest BCUT2D eigenvalue weighted by molar-refractivity contribution is 0.0481. The number of amides is 1. The molecule has 0 radical (unpaired) electrons. The highest BCUT2D eigenvalue weighted by molar-refractivity contribution is 5.69. The minimum atomic E-state index is -0.161. The van der Waals surface area contributed by atoms with E-state index in [1.807, 2.05) is 35.2 Å². The van der Waals surface area contributed by atoms with Crippen LogP contribution in [-0.2, 0) is 11.3 Å². The second-order valence-electron chi connectivity index (χ2n) is 7.11. The Morgan fingerprint density at radius 1 is 1.25 bits per heavy atom. The van der Waals surface area contributed by atoms with Crippen molar-refractivity contribution in [1.82, 2.24) is 4.90 Å². The third-order valence-electron chi connectivity index (χ3n) is 4.90. The molecule has 2 bridgehead atoms. The normalized spacial score (nSPS) is 22.6. The average molecular weight is 325 g/mol. The Morgan fingerprint density at radius 3 is 2.75 bits per heavy atom. The largest absolute Gasteiger partial charge is 0.445 e. The van der Waals surface area contributed by atoms with Gasteiger partial charge in [0.15, 0.2) is 0 Å². The van der Waals surface area contributed by atoms with Crippen LogP contribution < -0.4 is 0 Å². The summed E-state index contributed by atoms with van der Waals surface area (Å²) in [6.45, 7) is 4.62. The molecule has 3 nitrogen and oxygen atoms in total. The first kappa shape index (κ1) is 16.8. The van der Waals surface area contributed by atoms with Crippen molar-refractivity contribution >= 4 is 6.09 Å². The van der Waals surface area contributed by atoms with E-state index in [-0.39, 0.29) is 12.1 Å². The van der Waals surface area contributed by atoms with E-state index < -0.39 is 0 Å². The van der Waals surface area contributed by atoms with Gasteiger partial charge in [0.05, 0.1) is 6.04 Å². The molecule has 0 aliphatic carbocycles. The first-order chi connectivity index (χ1) is 11.6. The number of carbonyl (C=O) groups excluding carboxylic acids is 1. The van der Waals surface area contributed by atoms with Crippen LogP contribution in [0.5, 0.6) is 0 Å². The predicted octanol–water partition coefficient (Wildman–Crippen LogP) is 5.23. The summed E-state index contributed by atoms with van der Waals surface area (Å²) in [6, 6.07) is 10.4. The molecule has 128 valence electrons. The lowest BCUT2D eigenvalue weighted by atomic mass is 9.84. The molecule has 2 aliphatic rings. The van der Waals surface area contributed by atoms with Gasteiger partial charge in [-0.15, -0.1) is 0 Å². The summed E-state index contributed by atoms with van der Waals surface area (Å²) < 4.78 is 5.58. The third-order valence-corrected chi connectivity index (χ3v) is 4.90. The fraction of sp³-hybridized carbons (Fsp3) is 0.476. The van der Waals surface area contributed by atoms with E-state index in [4.69, 9.17) is 4.74 Å². The number of nitrogens with zero attached hydrogens (tertiary/aromatic N) is 1. The zero-order valence-electron chi connectivity index (χ0n) is 14.7. The van der Waals surface area contributed by atoms with Crippen LogP contribution >= 0.6 is 0 Å². The summed E-state index contributed by atoms with van der Waals surface area (Å²) >= 11 is 0. The van der Waals surface area contributed by atoms with Crippen LogP contribution in [0.4, 0.5) is 4.79 Å². The van der Waals surface area contributed by atoms with E-state index >= 15 is 0 Å². The molecule has 1 saturated heterocycles. The first-order valence-corrected chi connectivity index (χ1v) is 8.95. The van der Waals surface area contributed by atoms with Gasteiger partial charge in [-0.25, -0.2) is 4.79 Å². The van der Waals surface area contributed by atoms with Gasteiger partial charge in [0.25, 0.3) is 0 Å². The number of ether oxygens (including phenoxy) is 1. The fourth-order valence-corrected chi connectivity index (χ4v) is 3.68. The molecular weight excluding hydrogens is 298 g/mol. The van der Waals surface area contributed by atoms with Crippen LogP contribution in [0, 0.1) is 0 Å². The Labute approximate surface area is 145 Å². The van der Waals surface area contributed by atoms with Crippen molar-refractivity contribution in [1.29, 1.82) is 0 Å². The molecule has 1 aromatic carbocycles. The molecule has 2 aliphatic heterocycles. The molecule has 0 saturated carbocycles. The van der Waals surface area contributed by atoms with Gasteiger partial charge in [0.1, 0.15) is 6.61 Å². The van der Waals surface area contributed by atoms with Gasteiger partial charge in [-0.05, 0) is 51.5 Å². The number of fused-ring (bicyclic) bond motifs is 2. The maximum Gasteiger partial charge on any atom is 0.410 e. The van der Waals surface area contributed by atoms with Crippen molar-refractivity contribution in [3.8, 4) is 0 Å². The van der Waals surface area contributed by atoms with Crippen LogP contribution in [0.25, 0.3) is 0 Å². The molecule has 0 spiro atoms. The smallest absolute Gasteiger partial charge is 0.410 e. The molecule has 1 aromatic rings. The summed E-state index contributed by atoms with van der Waals surface area (Å²) in [5, 5.41) is 0. The van der Waals surface area contributed by atoms with E-state index in [0.717, 1.165) is 31.2 Å². The van der Waals surface area contributed by atoms with Crippen molar-refractivity contribution in [2.45, 2.75) is 64.6 Å². The zero-order chi connectivity index (χ0) is 16.9. The minimum Gasteiger partial charge on any atom is -0.445 e. The van der Waals surface area contributed by atoms with Crippen molar-refractivity contribution < 1.29 is 9.53 Å². The molecule has 2 unspecified atom stereocenters. The highest BCUT2D eigenvalue weighted by atomic mass is 16.6. The van der Waals surface area contributed by atoms with Crippen molar-refractivity contribution in [3.05, 3.63) is 59.2 Å². The maximum atomic E-state index is 12.6. The van der Waals surface area contributed by atoms with Crippen LogP contribution in [0.3, 0.4) is 0 Å². The molecule has 3 heteroatoms. The Morgan fingerprint density at radius 2 is 2.04 bits per heavy atom. The van der Waals surface area contributed by atoms with Gasteiger partial charge in [-0.1, -0.05) is 53.6 Å². The third kappa shape index (κ3) is 4.08. The lowest BCUT2D eigenvalue weighted by Crippen LogP contribution is -2.51. The van der Waals surface area contributed by atoms with Crippen LogP contribution in [0.2, 0.25) is 0 Å². The standard InChI is InChI=1S/C21H27NO2/c1-16(2)11-12-18-13-19-9-6-10-20(14-18)22(19)21(23)24-15-17-7-4-3-5-8-17/h3-5,7-8,11,13,19-20H,6,9-10,12,14-15H2,1-2H3. The number of rotatable bonds is 4. The summed E-state index contributed by atoms with van der Waals surface area (Å²) in [6.07, 6.45) is 9.76. The zero-order valence-corrected chi connectivity index (χ0v) is 14.7. The van der Waals surface area contributed by atoms with Crippen molar-refractivity contribution in [2.24, 2.45) is 0 Å². The van der Waals surface area contributed by atoms with E-state index in [9.17, 15) is 4.79 Å². The highest BCUT2D eigenvalue weighted by Gasteiger charge is 2.37. The Balaban J connectivity index is 1.65. The quantitative estimate of drug-likeness (QED) is 0.709. The Kier molecular flexibility index (Phi) is 5.39. The topological polar surface area (TPSA) is 29.5 Å². The Hall–Kier alpha value is -2.03. The molecule has 2 atom stereocenters. The number of allylic oxidation sites excluding steroid dienone is 2. The summed E-state index contributed by atoms with van der Waals surface area (Å²) in [5.41, 5.74) is 3.86. The molecule has 2 heterocycles. The molecule has 0 N–H and O–H groups in total. The molecular formula is C21H27NO2. The van der Waals surface area contributed by atoms with E-state index in [2.05, 4.69) is 26.0 Å². The van der Waals surface area contributed by atoms with Gasteiger partial charge in [-0.2, -0.15) is 0 Å². The molecule has 3 rings (SSSR count). The van der Waals surface area contributed by atoms with Crippen LogP contribution in [0.1, 0.15) is 51.5 Å². The molecule has 1 fully saturated rings. The molecule has 1 amide bonds. The number of hydrogen-bond donors (Lipinski definition) is 0. The predicted molar refractivity (Wildman–Crippen MR) is 96.6 cm³/mol. The number of benzene rings is 1. The fourth-order valence-electron chi connectivity index (χ4n) is 3.68. The van der Waals surface area contributed by atoms with Gasteiger partial charge >= 0.3 is 6.09 Å². The van der Waals surface area contributed by atoms with Crippen LogP contribution in [-0.4, -0.2) is 23.1 Å². The van der Waals surface area contributed by atoms with Crippen molar-refractivity contribution in [3.63, 3.8) is 0 Å². The number of hydrogen-bond acceptors (Lipinski definition) is 2. The monoisotopic (exact) mass is 325 g/mol. The maximum absolute atomic E-state index is 12.6. The van der Waals surface area contributed by atoms with Gasteiger partial charge in [0.2, 0.25) is 0 Å². The number of carbonyl (C=O) groups is 1. The minimum absolute atomic E-state index is 0.161. The van der Waals surface area contributed by atoms with E-state index in [1.165, 1.54) is 17.6 Å². The first-order valence-electron chi connectivity index (χ1n) is 8.95. The van der Waals surface area contributed by atoms with E-state index in [1.54, 1.807) is 0 Å². The average Bonchev–Trinajstić information content (AvgIpc) is 2.58. The van der Waals surface area contributed by atoms with Gasteiger partial charge < -0.3 is 4.74 Å². The summed E-state index contributed by atoms with van der Waals surface area (Å²) in [4.78, 5) is 14.6. The lowest BCUT2D eigenvalue weighted by Gasteiger charge is -2.44. The second-order valence-corrected chi connectivity index (χ2v) is 7.11. The van der Waals surface area contributed by atoms with Crippen molar-refractivity contribution in [2.75, 3.05) is 0 Å². The molecule has 24 heavy (non-hydrogen) atoms. The second kappa shape index (κ2) is 7.69. The summed E-state index contributed by atoms with van der Waals surface area (Å²) in [5.74, 6) is 0. The SMILES string of the molecule is CC(C)=CCC1=CC2CCCC(C1)N2C(=O)OCc1ccccc1. The Bertz CT molecular complexity index is 628. The highest BCUT2D eigenvalue weighted by Crippen LogP contribution is 2.35. The van der Waals surface area contributed by atoms with Crippen LogP contribution in [0.15, 0.2) is 53.6 Å². The summed E-state index contributed by atoms with van der Waals surface area (Å²) in [7, 11) is 0.